The summed E-state index contributed by atoms with van der Waals surface area (Å²) in [7, 11) is 0. The summed E-state index contributed by atoms with van der Waals surface area (Å²) in [6.45, 7) is 0. The molecule has 0 aliphatic heterocycles. The van der Waals surface area contributed by atoms with Gasteiger partial charge in [0.2, 0.25) is 0 Å². The van der Waals surface area contributed by atoms with E-state index in [1.54, 1.807) is 0 Å². The van der Waals surface area contributed by atoms with Gasteiger partial charge in [0.15, 0.2) is 0 Å². The Morgan fingerprint density at radius 1 is 0.360 bits per heavy atom. The molecule has 0 aliphatic rings. The van der Waals surface area contributed by atoms with Crippen LogP contribution >= 0.6 is 0 Å². The average molecular weight is 636 g/mol. The fourth-order valence-electron chi connectivity index (χ4n) is 8.25. The van der Waals surface area contributed by atoms with Gasteiger partial charge in [-0.15, -0.1) is 0 Å². The lowest BCUT2D eigenvalue weighted by atomic mass is 9.87. The number of hydrogen-bond acceptors (Lipinski definition) is 1. The standard InChI is InChI=1S/C48H29NO/c1-3-9-30(10-4-1)46-29-35-27-33(20-26-45(35)50-46)37-21-15-31-18-25-42-38(22-16-32-17-24-41(37)47(31)48(32)42)34-19-23-40-39-13-7-8-14-43(39)49(44(40)28-34)36-11-5-2-6-12-36/h1-29H. The van der Waals surface area contributed by atoms with Gasteiger partial charge in [-0.05, 0) is 97.0 Å². The van der Waals surface area contributed by atoms with Crippen LogP contribution in [0.25, 0.3) is 104 Å². The molecule has 2 heteroatoms. The molecule has 0 fully saturated rings. The zero-order valence-corrected chi connectivity index (χ0v) is 27.1. The number of para-hydroxylation sites is 2. The van der Waals surface area contributed by atoms with Crippen molar-refractivity contribution in [1.29, 1.82) is 0 Å². The minimum absolute atomic E-state index is 0.892. The van der Waals surface area contributed by atoms with Crippen LogP contribution in [-0.2, 0) is 0 Å². The smallest absolute Gasteiger partial charge is 0.135 e. The molecule has 11 aromatic rings. The highest BCUT2D eigenvalue weighted by Gasteiger charge is 2.18. The van der Waals surface area contributed by atoms with Crippen LogP contribution in [0.2, 0.25) is 0 Å². The third-order valence-electron chi connectivity index (χ3n) is 10.5. The van der Waals surface area contributed by atoms with Crippen LogP contribution in [0.5, 0.6) is 0 Å². The van der Waals surface area contributed by atoms with Crippen molar-refractivity contribution in [3.63, 3.8) is 0 Å². The predicted octanol–water partition coefficient (Wildman–Crippen LogP) is 13.4. The van der Waals surface area contributed by atoms with Gasteiger partial charge in [-0.2, -0.15) is 0 Å². The molecule has 2 heterocycles. The molecule has 50 heavy (non-hydrogen) atoms. The quantitative estimate of drug-likeness (QED) is 0.176. The molecule has 0 spiro atoms. The van der Waals surface area contributed by atoms with E-state index in [9.17, 15) is 0 Å². The van der Waals surface area contributed by atoms with Gasteiger partial charge in [-0.1, -0.05) is 133 Å². The Balaban J connectivity index is 1.11. The summed E-state index contributed by atoms with van der Waals surface area (Å²) in [6.07, 6.45) is 0. The van der Waals surface area contributed by atoms with Gasteiger partial charge in [0.05, 0.1) is 11.0 Å². The zero-order chi connectivity index (χ0) is 32.8. The number of benzene rings is 9. The minimum Gasteiger partial charge on any atom is -0.456 e. The Hall–Kier alpha value is -6.64. The van der Waals surface area contributed by atoms with Crippen LogP contribution in [0.15, 0.2) is 180 Å². The van der Waals surface area contributed by atoms with Crippen LogP contribution < -0.4 is 0 Å². The van der Waals surface area contributed by atoms with Crippen molar-refractivity contribution in [2.45, 2.75) is 0 Å². The van der Waals surface area contributed by atoms with Crippen LogP contribution in [-0.4, -0.2) is 4.57 Å². The fourth-order valence-corrected chi connectivity index (χ4v) is 8.25. The number of nitrogens with zero attached hydrogens (tertiary/aromatic N) is 1. The largest absolute Gasteiger partial charge is 0.456 e. The highest BCUT2D eigenvalue weighted by Crippen LogP contribution is 2.44. The minimum atomic E-state index is 0.892. The van der Waals surface area contributed by atoms with Gasteiger partial charge in [0.1, 0.15) is 11.3 Å². The molecule has 0 bridgehead atoms. The van der Waals surface area contributed by atoms with E-state index < -0.39 is 0 Å². The third kappa shape index (κ3) is 3.96. The van der Waals surface area contributed by atoms with Gasteiger partial charge in [0, 0.05) is 27.4 Å². The van der Waals surface area contributed by atoms with Gasteiger partial charge >= 0.3 is 0 Å². The van der Waals surface area contributed by atoms with Crippen molar-refractivity contribution in [3.05, 3.63) is 176 Å². The second kappa shape index (κ2) is 10.4. The Morgan fingerprint density at radius 2 is 0.940 bits per heavy atom. The van der Waals surface area contributed by atoms with E-state index in [0.717, 1.165) is 22.3 Å². The van der Waals surface area contributed by atoms with Gasteiger partial charge in [0.25, 0.3) is 0 Å². The molecular formula is C48H29NO. The summed E-state index contributed by atoms with van der Waals surface area (Å²) in [5, 5.41) is 11.3. The summed E-state index contributed by atoms with van der Waals surface area (Å²) in [5.74, 6) is 0.892. The van der Waals surface area contributed by atoms with Crippen molar-refractivity contribution in [2.75, 3.05) is 0 Å². The van der Waals surface area contributed by atoms with Crippen molar-refractivity contribution in [1.82, 2.24) is 4.57 Å². The van der Waals surface area contributed by atoms with Gasteiger partial charge in [-0.3, -0.25) is 0 Å². The van der Waals surface area contributed by atoms with Crippen LogP contribution in [0.3, 0.4) is 0 Å². The van der Waals surface area contributed by atoms with Crippen molar-refractivity contribution < 1.29 is 4.42 Å². The van der Waals surface area contributed by atoms with E-state index in [4.69, 9.17) is 4.42 Å². The molecule has 0 amide bonds. The molecule has 0 atom stereocenters. The fraction of sp³-hybridized carbons (Fsp3) is 0. The number of rotatable bonds is 4. The summed E-state index contributed by atoms with van der Waals surface area (Å²) >= 11 is 0. The Bertz CT molecular complexity index is 3070. The SMILES string of the molecule is c1ccc(-c2cc3cc(-c4ccc5ccc6c(-c7ccc8c9ccccc9n(-c9ccccc9)c8c7)ccc7ccc4c5c76)ccc3o2)cc1. The molecule has 0 radical (unpaired) electrons. The summed E-state index contributed by atoms with van der Waals surface area (Å²) in [5.41, 5.74) is 10.5. The first-order chi connectivity index (χ1) is 24.8. The molecule has 0 saturated carbocycles. The molecule has 0 saturated heterocycles. The Kier molecular flexibility index (Phi) is 5.70. The van der Waals surface area contributed by atoms with Gasteiger partial charge < -0.3 is 8.98 Å². The van der Waals surface area contributed by atoms with Crippen molar-refractivity contribution in [3.8, 4) is 39.3 Å². The number of hydrogen-bond donors (Lipinski definition) is 0. The predicted molar refractivity (Wildman–Crippen MR) is 211 cm³/mol. The zero-order valence-electron chi connectivity index (χ0n) is 27.1. The van der Waals surface area contributed by atoms with E-state index in [0.29, 0.717) is 0 Å². The molecule has 2 nitrogen and oxygen atoms in total. The first-order valence-corrected chi connectivity index (χ1v) is 17.2. The van der Waals surface area contributed by atoms with E-state index >= 15 is 0 Å². The maximum absolute atomic E-state index is 6.25. The molecule has 0 aliphatic carbocycles. The lowest BCUT2D eigenvalue weighted by Gasteiger charge is -2.17. The highest BCUT2D eigenvalue weighted by atomic mass is 16.3. The van der Waals surface area contributed by atoms with E-state index in [1.165, 1.54) is 82.1 Å². The number of aromatic nitrogens is 1. The average Bonchev–Trinajstić information content (AvgIpc) is 3.76. The summed E-state index contributed by atoms with van der Waals surface area (Å²) in [6, 6.07) is 63.8. The second-order valence-electron chi connectivity index (χ2n) is 13.3. The van der Waals surface area contributed by atoms with Crippen molar-refractivity contribution >= 4 is 65.1 Å². The highest BCUT2D eigenvalue weighted by molar-refractivity contribution is 6.28. The Morgan fingerprint density at radius 3 is 1.68 bits per heavy atom. The molecule has 0 N–H and O–H groups in total. The van der Waals surface area contributed by atoms with E-state index in [2.05, 4.69) is 162 Å². The van der Waals surface area contributed by atoms with Crippen LogP contribution in [0.4, 0.5) is 0 Å². The summed E-state index contributed by atoms with van der Waals surface area (Å²) in [4.78, 5) is 0. The van der Waals surface area contributed by atoms with Crippen molar-refractivity contribution in [2.24, 2.45) is 0 Å². The molecule has 2 aromatic heterocycles. The van der Waals surface area contributed by atoms with Gasteiger partial charge in [-0.25, -0.2) is 0 Å². The topological polar surface area (TPSA) is 18.1 Å². The lowest BCUT2D eigenvalue weighted by molar-refractivity contribution is 0.631. The molecular weight excluding hydrogens is 607 g/mol. The lowest BCUT2D eigenvalue weighted by Crippen LogP contribution is -1.93. The monoisotopic (exact) mass is 635 g/mol. The first kappa shape index (κ1) is 27.3. The summed E-state index contributed by atoms with van der Waals surface area (Å²) < 4.78 is 8.65. The maximum Gasteiger partial charge on any atom is 0.135 e. The normalized spacial score (nSPS) is 12.0. The maximum atomic E-state index is 6.25. The number of fused-ring (bicyclic) bond motifs is 4. The van der Waals surface area contributed by atoms with E-state index in [-0.39, 0.29) is 0 Å². The molecule has 11 rings (SSSR count). The first-order valence-electron chi connectivity index (χ1n) is 17.2. The molecule has 232 valence electrons. The van der Waals surface area contributed by atoms with Crippen LogP contribution in [0, 0.1) is 0 Å². The number of furan rings is 1. The third-order valence-corrected chi connectivity index (χ3v) is 10.5. The van der Waals surface area contributed by atoms with E-state index in [1.807, 2.05) is 18.2 Å². The second-order valence-corrected chi connectivity index (χ2v) is 13.3. The molecule has 9 aromatic carbocycles. The Labute approximate surface area is 288 Å². The van der Waals surface area contributed by atoms with Crippen LogP contribution in [0.1, 0.15) is 0 Å². The molecule has 0 unspecified atom stereocenters.